The van der Waals surface area contributed by atoms with Crippen LogP contribution in [0.4, 0.5) is 10.1 Å². The smallest absolute Gasteiger partial charge is 0.146 e. The second-order valence-electron chi connectivity index (χ2n) is 5.34. The molecule has 2 N–H and O–H groups in total. The third-order valence-corrected chi connectivity index (χ3v) is 3.41. The van der Waals surface area contributed by atoms with Crippen LogP contribution in [0.5, 0.6) is 0 Å². The van der Waals surface area contributed by atoms with Crippen LogP contribution >= 0.6 is 0 Å². The Bertz CT molecular complexity index is 593. The lowest BCUT2D eigenvalue weighted by Gasteiger charge is -2.21. The number of aryl methyl sites for hydroxylation is 1. The molecule has 0 aromatic heterocycles. The standard InChI is InChI=1S/C17H21FN2/c1-12-5-4-6-14(9-12)11-20(3)17-8-7-15(13(2)19)10-16(17)18/h4-10,13H,11,19H2,1-3H3/t13-/m1/s1. The summed E-state index contributed by atoms with van der Waals surface area (Å²) in [5.74, 6) is -0.227. The molecule has 1 atom stereocenters. The molecule has 0 heterocycles. The summed E-state index contributed by atoms with van der Waals surface area (Å²) in [4.78, 5) is 1.91. The highest BCUT2D eigenvalue weighted by molar-refractivity contribution is 5.49. The Morgan fingerprint density at radius 2 is 1.95 bits per heavy atom. The van der Waals surface area contributed by atoms with E-state index in [1.54, 1.807) is 6.07 Å². The molecule has 0 aliphatic carbocycles. The summed E-state index contributed by atoms with van der Waals surface area (Å²) in [5, 5.41) is 0. The monoisotopic (exact) mass is 272 g/mol. The molecule has 2 aromatic rings. The first-order valence-electron chi connectivity index (χ1n) is 6.79. The summed E-state index contributed by atoms with van der Waals surface area (Å²) in [6.45, 7) is 4.59. The van der Waals surface area contributed by atoms with Crippen molar-refractivity contribution < 1.29 is 4.39 Å². The lowest BCUT2D eigenvalue weighted by molar-refractivity contribution is 0.617. The number of nitrogens with zero attached hydrogens (tertiary/aromatic N) is 1. The predicted octanol–water partition coefficient (Wildman–Crippen LogP) is 3.79. The SMILES string of the molecule is Cc1cccc(CN(C)c2ccc([C@@H](C)N)cc2F)c1. The van der Waals surface area contributed by atoms with Crippen molar-refractivity contribution in [1.29, 1.82) is 0 Å². The molecule has 0 aliphatic rings. The average Bonchev–Trinajstić information content (AvgIpc) is 2.38. The quantitative estimate of drug-likeness (QED) is 0.917. The molecule has 0 aliphatic heterocycles. The maximum Gasteiger partial charge on any atom is 0.146 e. The Morgan fingerprint density at radius 1 is 1.20 bits per heavy atom. The highest BCUT2D eigenvalue weighted by atomic mass is 19.1. The van der Waals surface area contributed by atoms with Gasteiger partial charge < -0.3 is 10.6 Å². The Hall–Kier alpha value is -1.87. The van der Waals surface area contributed by atoms with Crippen molar-refractivity contribution in [3.05, 3.63) is 65.0 Å². The number of hydrogen-bond donors (Lipinski definition) is 1. The molecule has 106 valence electrons. The summed E-state index contributed by atoms with van der Waals surface area (Å²) < 4.78 is 14.1. The summed E-state index contributed by atoms with van der Waals surface area (Å²) >= 11 is 0. The van der Waals surface area contributed by atoms with Crippen LogP contribution in [0.3, 0.4) is 0 Å². The molecule has 2 aromatic carbocycles. The van der Waals surface area contributed by atoms with Crippen LogP contribution in [0.2, 0.25) is 0 Å². The van der Waals surface area contributed by atoms with Crippen LogP contribution in [-0.4, -0.2) is 7.05 Å². The molecule has 0 spiro atoms. The van der Waals surface area contributed by atoms with Crippen LogP contribution in [0.15, 0.2) is 42.5 Å². The second kappa shape index (κ2) is 6.06. The fourth-order valence-electron chi connectivity index (χ4n) is 2.29. The molecule has 0 fully saturated rings. The molecule has 20 heavy (non-hydrogen) atoms. The fourth-order valence-corrected chi connectivity index (χ4v) is 2.29. The number of benzene rings is 2. The molecular weight excluding hydrogens is 251 g/mol. The molecule has 0 amide bonds. The Balaban J connectivity index is 2.19. The van der Waals surface area contributed by atoms with E-state index in [-0.39, 0.29) is 11.9 Å². The normalized spacial score (nSPS) is 12.2. The van der Waals surface area contributed by atoms with Gasteiger partial charge in [-0.1, -0.05) is 35.9 Å². The zero-order chi connectivity index (χ0) is 14.7. The van der Waals surface area contributed by atoms with Gasteiger partial charge in [-0.2, -0.15) is 0 Å². The van der Waals surface area contributed by atoms with Crippen molar-refractivity contribution in [3.63, 3.8) is 0 Å². The molecule has 0 saturated carbocycles. The van der Waals surface area contributed by atoms with Gasteiger partial charge in [-0.25, -0.2) is 4.39 Å². The van der Waals surface area contributed by atoms with Gasteiger partial charge in [-0.05, 0) is 37.1 Å². The van der Waals surface area contributed by atoms with Crippen molar-refractivity contribution >= 4 is 5.69 Å². The van der Waals surface area contributed by atoms with E-state index in [4.69, 9.17) is 5.73 Å². The highest BCUT2D eigenvalue weighted by Gasteiger charge is 2.10. The molecule has 0 bridgehead atoms. The van der Waals surface area contributed by atoms with Gasteiger partial charge in [0.05, 0.1) is 5.69 Å². The zero-order valence-electron chi connectivity index (χ0n) is 12.2. The van der Waals surface area contributed by atoms with Gasteiger partial charge in [-0.3, -0.25) is 0 Å². The lowest BCUT2D eigenvalue weighted by Crippen LogP contribution is -2.18. The Morgan fingerprint density at radius 3 is 2.55 bits per heavy atom. The number of nitrogens with two attached hydrogens (primary N) is 1. The molecule has 0 radical (unpaired) electrons. The number of halogens is 1. The Labute approximate surface area is 120 Å². The van der Waals surface area contributed by atoms with E-state index in [9.17, 15) is 4.39 Å². The second-order valence-corrected chi connectivity index (χ2v) is 5.34. The van der Waals surface area contributed by atoms with Crippen LogP contribution in [-0.2, 0) is 6.54 Å². The Kier molecular flexibility index (Phi) is 4.40. The maximum absolute atomic E-state index is 14.1. The molecule has 0 unspecified atom stereocenters. The van der Waals surface area contributed by atoms with E-state index in [2.05, 4.69) is 25.1 Å². The first kappa shape index (κ1) is 14.5. The van der Waals surface area contributed by atoms with Crippen molar-refractivity contribution in [2.45, 2.75) is 26.4 Å². The fraction of sp³-hybridized carbons (Fsp3) is 0.294. The summed E-state index contributed by atoms with van der Waals surface area (Å²) in [7, 11) is 1.90. The molecule has 2 nitrogen and oxygen atoms in total. The number of rotatable bonds is 4. The van der Waals surface area contributed by atoms with Crippen LogP contribution in [0.25, 0.3) is 0 Å². The van der Waals surface area contributed by atoms with Gasteiger partial charge in [0.15, 0.2) is 0 Å². The minimum Gasteiger partial charge on any atom is -0.368 e. The summed E-state index contributed by atoms with van der Waals surface area (Å²) in [6.07, 6.45) is 0. The average molecular weight is 272 g/mol. The van der Waals surface area contributed by atoms with E-state index in [1.165, 1.54) is 17.2 Å². The van der Waals surface area contributed by atoms with Gasteiger partial charge in [0.1, 0.15) is 5.82 Å². The third kappa shape index (κ3) is 3.36. The van der Waals surface area contributed by atoms with E-state index in [0.29, 0.717) is 12.2 Å². The van der Waals surface area contributed by atoms with Gasteiger partial charge in [-0.15, -0.1) is 0 Å². The zero-order valence-corrected chi connectivity index (χ0v) is 12.2. The first-order chi connectivity index (χ1) is 9.47. The molecule has 2 rings (SSSR count). The van der Waals surface area contributed by atoms with Crippen molar-refractivity contribution in [2.24, 2.45) is 5.73 Å². The third-order valence-electron chi connectivity index (χ3n) is 3.41. The van der Waals surface area contributed by atoms with Gasteiger partial charge in [0, 0.05) is 19.6 Å². The van der Waals surface area contributed by atoms with Crippen molar-refractivity contribution in [1.82, 2.24) is 0 Å². The minimum absolute atomic E-state index is 0.152. The van der Waals surface area contributed by atoms with Crippen LogP contribution < -0.4 is 10.6 Å². The summed E-state index contributed by atoms with van der Waals surface area (Å²) in [5.41, 5.74) is 9.56. The van der Waals surface area contributed by atoms with Gasteiger partial charge in [0.2, 0.25) is 0 Å². The summed E-state index contributed by atoms with van der Waals surface area (Å²) in [6, 6.07) is 13.3. The predicted molar refractivity (Wildman–Crippen MR) is 82.3 cm³/mol. The number of anilines is 1. The molecule has 0 saturated heterocycles. The van der Waals surface area contributed by atoms with Gasteiger partial charge >= 0.3 is 0 Å². The maximum atomic E-state index is 14.1. The van der Waals surface area contributed by atoms with E-state index < -0.39 is 0 Å². The minimum atomic E-state index is -0.227. The van der Waals surface area contributed by atoms with Crippen molar-refractivity contribution in [2.75, 3.05) is 11.9 Å². The van der Waals surface area contributed by atoms with E-state index >= 15 is 0 Å². The van der Waals surface area contributed by atoms with Gasteiger partial charge in [0.25, 0.3) is 0 Å². The first-order valence-corrected chi connectivity index (χ1v) is 6.79. The van der Waals surface area contributed by atoms with Crippen molar-refractivity contribution in [3.8, 4) is 0 Å². The van der Waals surface area contributed by atoms with Crippen LogP contribution in [0.1, 0.15) is 29.7 Å². The molecule has 3 heteroatoms. The lowest BCUT2D eigenvalue weighted by atomic mass is 10.1. The largest absolute Gasteiger partial charge is 0.368 e. The van der Waals surface area contributed by atoms with E-state index in [1.807, 2.05) is 31.0 Å². The van der Waals surface area contributed by atoms with Crippen LogP contribution in [0, 0.1) is 12.7 Å². The number of hydrogen-bond acceptors (Lipinski definition) is 2. The molecular formula is C17H21FN2. The van der Waals surface area contributed by atoms with E-state index in [0.717, 1.165) is 5.56 Å². The topological polar surface area (TPSA) is 29.3 Å². The highest BCUT2D eigenvalue weighted by Crippen LogP contribution is 2.23.